The lowest BCUT2D eigenvalue weighted by molar-refractivity contribution is -0.139. The summed E-state index contributed by atoms with van der Waals surface area (Å²) in [4.78, 5) is 35.4. The zero-order valence-electron chi connectivity index (χ0n) is 17.8. The van der Waals surface area contributed by atoms with Crippen molar-refractivity contribution in [2.75, 3.05) is 18.5 Å². The number of nitrogens with one attached hydrogen (secondary N) is 3. The summed E-state index contributed by atoms with van der Waals surface area (Å²) < 4.78 is 6.41. The zero-order chi connectivity index (χ0) is 23.0. The number of ether oxygens (including phenoxy) is 1. The van der Waals surface area contributed by atoms with Crippen LogP contribution in [0.5, 0.6) is 5.75 Å². The summed E-state index contributed by atoms with van der Waals surface area (Å²) in [5.41, 5.74) is 6.51. The van der Waals surface area contributed by atoms with Crippen LogP contribution < -0.4 is 20.8 Å². The number of halogens is 1. The summed E-state index contributed by atoms with van der Waals surface area (Å²) in [5, 5.41) is 9.04. The number of benzene rings is 2. The second-order valence-electron chi connectivity index (χ2n) is 6.85. The molecule has 3 amide bonds. The lowest BCUT2D eigenvalue weighted by atomic mass is 10.1. The third kappa shape index (κ3) is 7.21. The van der Waals surface area contributed by atoms with Crippen LogP contribution in [-0.4, -0.2) is 37.1 Å². The van der Waals surface area contributed by atoms with E-state index in [4.69, 9.17) is 4.74 Å². The van der Waals surface area contributed by atoms with Gasteiger partial charge in [-0.25, -0.2) is 5.43 Å². The van der Waals surface area contributed by atoms with Crippen LogP contribution in [0.1, 0.15) is 29.2 Å². The molecule has 2 aromatic rings. The molecule has 31 heavy (non-hydrogen) atoms. The number of hydrazone groups is 1. The molecule has 0 aliphatic rings. The standard InChI is InChI=1S/C22H25BrN4O4/c1-5-24-21(29)22(30)27-25-11-16-10-17(23)6-7-18(16)31-12-19(28)26-20-14(3)8-13(2)9-15(20)4/h6-11H,5,12H2,1-4H3,(H,24,29)(H,26,28)(H,27,30)/b25-11-. The molecule has 9 heteroatoms. The summed E-state index contributed by atoms with van der Waals surface area (Å²) in [7, 11) is 0. The second-order valence-corrected chi connectivity index (χ2v) is 7.77. The molecule has 0 saturated carbocycles. The van der Waals surface area contributed by atoms with E-state index in [9.17, 15) is 14.4 Å². The van der Waals surface area contributed by atoms with Gasteiger partial charge in [-0.15, -0.1) is 0 Å². The number of nitrogens with zero attached hydrogens (tertiary/aromatic N) is 1. The molecule has 0 aromatic heterocycles. The van der Waals surface area contributed by atoms with E-state index >= 15 is 0 Å². The quantitative estimate of drug-likeness (QED) is 0.316. The monoisotopic (exact) mass is 488 g/mol. The van der Waals surface area contributed by atoms with Crippen molar-refractivity contribution in [3.8, 4) is 5.75 Å². The van der Waals surface area contributed by atoms with Crippen molar-refractivity contribution in [3.05, 3.63) is 57.1 Å². The fourth-order valence-corrected chi connectivity index (χ4v) is 3.28. The smallest absolute Gasteiger partial charge is 0.329 e. The number of aryl methyl sites for hydroxylation is 3. The van der Waals surface area contributed by atoms with Crippen LogP contribution in [0.2, 0.25) is 0 Å². The van der Waals surface area contributed by atoms with Crippen molar-refractivity contribution >= 4 is 45.6 Å². The van der Waals surface area contributed by atoms with Gasteiger partial charge in [0, 0.05) is 22.3 Å². The molecule has 0 saturated heterocycles. The van der Waals surface area contributed by atoms with E-state index in [0.29, 0.717) is 17.9 Å². The van der Waals surface area contributed by atoms with Crippen LogP contribution >= 0.6 is 15.9 Å². The van der Waals surface area contributed by atoms with E-state index in [-0.39, 0.29) is 12.5 Å². The number of hydrogen-bond donors (Lipinski definition) is 3. The van der Waals surface area contributed by atoms with Crippen molar-refractivity contribution in [2.45, 2.75) is 27.7 Å². The molecular formula is C22H25BrN4O4. The average Bonchev–Trinajstić information content (AvgIpc) is 2.70. The highest BCUT2D eigenvalue weighted by atomic mass is 79.9. The highest BCUT2D eigenvalue weighted by Gasteiger charge is 2.12. The Bertz CT molecular complexity index is 998. The number of carbonyl (C=O) groups excluding carboxylic acids is 3. The molecular weight excluding hydrogens is 464 g/mol. The minimum atomic E-state index is -0.876. The minimum absolute atomic E-state index is 0.208. The van der Waals surface area contributed by atoms with E-state index in [1.165, 1.54) is 6.21 Å². The number of carbonyl (C=O) groups is 3. The highest BCUT2D eigenvalue weighted by Crippen LogP contribution is 2.23. The maximum atomic E-state index is 12.4. The SMILES string of the molecule is CCNC(=O)C(=O)N/N=C\c1cc(Br)ccc1OCC(=O)Nc1c(C)cc(C)cc1C. The molecule has 0 fully saturated rings. The molecule has 0 radical (unpaired) electrons. The molecule has 2 rings (SSSR count). The second kappa shape index (κ2) is 11.3. The molecule has 164 valence electrons. The highest BCUT2D eigenvalue weighted by molar-refractivity contribution is 9.10. The third-order valence-electron chi connectivity index (χ3n) is 4.19. The number of amides is 3. The molecule has 0 atom stereocenters. The first-order valence-corrected chi connectivity index (χ1v) is 10.4. The Balaban J connectivity index is 2.04. The van der Waals surface area contributed by atoms with Crippen molar-refractivity contribution in [3.63, 3.8) is 0 Å². The van der Waals surface area contributed by atoms with Crippen LogP contribution in [-0.2, 0) is 14.4 Å². The largest absolute Gasteiger partial charge is 0.483 e. The molecule has 0 aliphatic carbocycles. The lowest BCUT2D eigenvalue weighted by Gasteiger charge is -2.14. The molecule has 2 aromatic carbocycles. The Morgan fingerprint density at radius 1 is 1.06 bits per heavy atom. The van der Waals surface area contributed by atoms with E-state index in [1.807, 2.05) is 32.9 Å². The molecule has 0 spiro atoms. The van der Waals surface area contributed by atoms with Gasteiger partial charge in [0.05, 0.1) is 6.21 Å². The molecule has 0 unspecified atom stereocenters. The van der Waals surface area contributed by atoms with Crippen LogP contribution in [0, 0.1) is 20.8 Å². The van der Waals surface area contributed by atoms with Gasteiger partial charge in [0.15, 0.2) is 6.61 Å². The predicted octanol–water partition coefficient (Wildman–Crippen LogP) is 2.98. The lowest BCUT2D eigenvalue weighted by Crippen LogP contribution is -2.37. The Morgan fingerprint density at radius 3 is 2.39 bits per heavy atom. The Kier molecular flexibility index (Phi) is 8.75. The van der Waals surface area contributed by atoms with Gasteiger partial charge >= 0.3 is 11.8 Å². The Labute approximate surface area is 189 Å². The number of hydrogen-bond acceptors (Lipinski definition) is 5. The van der Waals surface area contributed by atoms with Gasteiger partial charge in [-0.05, 0) is 57.0 Å². The van der Waals surface area contributed by atoms with Crippen molar-refractivity contribution in [1.29, 1.82) is 0 Å². The van der Waals surface area contributed by atoms with Crippen molar-refractivity contribution in [1.82, 2.24) is 10.7 Å². The van der Waals surface area contributed by atoms with Crippen LogP contribution in [0.3, 0.4) is 0 Å². The summed E-state index contributed by atoms with van der Waals surface area (Å²) >= 11 is 3.36. The normalized spacial score (nSPS) is 10.6. The molecule has 8 nitrogen and oxygen atoms in total. The topological polar surface area (TPSA) is 109 Å². The van der Waals surface area contributed by atoms with Gasteiger partial charge in [0.2, 0.25) is 0 Å². The number of rotatable bonds is 7. The predicted molar refractivity (Wildman–Crippen MR) is 123 cm³/mol. The van der Waals surface area contributed by atoms with Gasteiger partial charge in [0.1, 0.15) is 5.75 Å². The fraction of sp³-hybridized carbons (Fsp3) is 0.273. The molecule has 0 bridgehead atoms. The molecule has 0 heterocycles. The van der Waals surface area contributed by atoms with Gasteiger partial charge in [-0.2, -0.15) is 5.10 Å². The summed E-state index contributed by atoms with van der Waals surface area (Å²) in [6.45, 7) is 7.72. The molecule has 3 N–H and O–H groups in total. The summed E-state index contributed by atoms with van der Waals surface area (Å²) in [5.74, 6) is -1.56. The Morgan fingerprint density at radius 2 is 1.74 bits per heavy atom. The third-order valence-corrected chi connectivity index (χ3v) is 4.68. The van der Waals surface area contributed by atoms with Crippen molar-refractivity contribution < 1.29 is 19.1 Å². The average molecular weight is 489 g/mol. The first-order chi connectivity index (χ1) is 14.7. The van der Waals surface area contributed by atoms with Crippen LogP contribution in [0.25, 0.3) is 0 Å². The van der Waals surface area contributed by atoms with Gasteiger partial charge in [0.25, 0.3) is 5.91 Å². The first kappa shape index (κ1) is 24.1. The van der Waals surface area contributed by atoms with Gasteiger partial charge in [-0.1, -0.05) is 33.6 Å². The van der Waals surface area contributed by atoms with Crippen LogP contribution in [0.15, 0.2) is 39.9 Å². The summed E-state index contributed by atoms with van der Waals surface area (Å²) in [6.07, 6.45) is 1.34. The summed E-state index contributed by atoms with van der Waals surface area (Å²) in [6, 6.07) is 9.14. The Hall–Kier alpha value is -3.20. The van der Waals surface area contributed by atoms with E-state index < -0.39 is 11.8 Å². The maximum absolute atomic E-state index is 12.4. The van der Waals surface area contributed by atoms with Gasteiger partial charge in [-0.3, -0.25) is 14.4 Å². The van der Waals surface area contributed by atoms with Crippen molar-refractivity contribution in [2.24, 2.45) is 5.10 Å². The van der Waals surface area contributed by atoms with E-state index in [1.54, 1.807) is 25.1 Å². The van der Waals surface area contributed by atoms with E-state index in [2.05, 4.69) is 37.1 Å². The number of likely N-dealkylation sites (N-methyl/N-ethyl adjacent to an activating group) is 1. The molecule has 0 aliphatic heterocycles. The van der Waals surface area contributed by atoms with Crippen LogP contribution in [0.4, 0.5) is 5.69 Å². The van der Waals surface area contributed by atoms with E-state index in [0.717, 1.165) is 26.9 Å². The number of anilines is 1. The van der Waals surface area contributed by atoms with Gasteiger partial charge < -0.3 is 15.4 Å². The first-order valence-electron chi connectivity index (χ1n) is 9.62. The minimum Gasteiger partial charge on any atom is -0.483 e. The fourth-order valence-electron chi connectivity index (χ4n) is 2.90. The maximum Gasteiger partial charge on any atom is 0.329 e. The zero-order valence-corrected chi connectivity index (χ0v) is 19.4.